The number of nitrogens with zero attached hydrogens (tertiary/aromatic N) is 3. The zero-order chi connectivity index (χ0) is 9.10. The Labute approximate surface area is 74.0 Å². The normalized spacial score (nSPS) is 10.5. The van der Waals surface area contributed by atoms with Crippen LogP contribution in [0.5, 0.6) is 0 Å². The fraction of sp³-hybridized carbons (Fsp3) is 0.286. The van der Waals surface area contributed by atoms with E-state index in [-0.39, 0.29) is 6.61 Å². The lowest BCUT2D eigenvalue weighted by Gasteiger charge is -2.00. The second-order valence-electron chi connectivity index (χ2n) is 2.51. The van der Waals surface area contributed by atoms with Gasteiger partial charge in [-0.15, -0.1) is 0 Å². The Morgan fingerprint density at radius 2 is 2.38 bits per heavy atom. The SMILES string of the molecule is OCCNc1cnc2[nH]ncc2n1. The molecule has 2 rings (SSSR count). The number of H-pyrrole nitrogens is 1. The van der Waals surface area contributed by atoms with E-state index in [9.17, 15) is 0 Å². The maximum Gasteiger partial charge on any atom is 0.174 e. The van der Waals surface area contributed by atoms with E-state index in [4.69, 9.17) is 5.11 Å². The molecule has 0 bridgehead atoms. The summed E-state index contributed by atoms with van der Waals surface area (Å²) < 4.78 is 0. The van der Waals surface area contributed by atoms with E-state index in [2.05, 4.69) is 25.5 Å². The third-order valence-corrected chi connectivity index (χ3v) is 1.57. The van der Waals surface area contributed by atoms with Gasteiger partial charge in [0.15, 0.2) is 5.65 Å². The summed E-state index contributed by atoms with van der Waals surface area (Å²) in [6.07, 6.45) is 3.20. The van der Waals surface area contributed by atoms with Gasteiger partial charge in [-0.2, -0.15) is 5.10 Å². The fourth-order valence-corrected chi connectivity index (χ4v) is 1.00. The van der Waals surface area contributed by atoms with E-state index in [0.717, 1.165) is 0 Å². The lowest BCUT2D eigenvalue weighted by atomic mass is 10.5. The van der Waals surface area contributed by atoms with Gasteiger partial charge < -0.3 is 10.4 Å². The van der Waals surface area contributed by atoms with Gasteiger partial charge in [0.05, 0.1) is 19.0 Å². The van der Waals surface area contributed by atoms with Gasteiger partial charge in [0.1, 0.15) is 11.3 Å². The van der Waals surface area contributed by atoms with E-state index >= 15 is 0 Å². The molecule has 2 aromatic heterocycles. The molecule has 0 aliphatic heterocycles. The van der Waals surface area contributed by atoms with Gasteiger partial charge >= 0.3 is 0 Å². The molecule has 0 saturated carbocycles. The van der Waals surface area contributed by atoms with Gasteiger partial charge in [-0.25, -0.2) is 9.97 Å². The van der Waals surface area contributed by atoms with Crippen LogP contribution in [0, 0.1) is 0 Å². The molecule has 6 heteroatoms. The van der Waals surface area contributed by atoms with Crippen molar-refractivity contribution >= 4 is 17.0 Å². The van der Waals surface area contributed by atoms with Crippen molar-refractivity contribution in [2.24, 2.45) is 0 Å². The minimum Gasteiger partial charge on any atom is -0.395 e. The molecular formula is C7H9N5O. The summed E-state index contributed by atoms with van der Waals surface area (Å²) in [4.78, 5) is 8.26. The van der Waals surface area contributed by atoms with Gasteiger partial charge in [0.25, 0.3) is 0 Å². The Balaban J connectivity index is 2.26. The minimum absolute atomic E-state index is 0.0745. The molecule has 0 aliphatic rings. The number of aliphatic hydroxyl groups is 1. The van der Waals surface area contributed by atoms with E-state index in [1.165, 1.54) is 0 Å². The highest BCUT2D eigenvalue weighted by atomic mass is 16.3. The highest BCUT2D eigenvalue weighted by Gasteiger charge is 1.99. The monoisotopic (exact) mass is 179 g/mol. The average Bonchev–Trinajstić information content (AvgIpc) is 2.61. The molecule has 3 N–H and O–H groups in total. The zero-order valence-corrected chi connectivity index (χ0v) is 6.86. The number of nitrogens with one attached hydrogen (secondary N) is 2. The van der Waals surface area contributed by atoms with Crippen LogP contribution in [0.2, 0.25) is 0 Å². The fourth-order valence-electron chi connectivity index (χ4n) is 1.00. The standard InChI is InChI=1S/C7H9N5O/c13-2-1-8-6-4-9-7-5(11-6)3-10-12-7/h3-4,13H,1-2H2,(H,8,11)(H,9,10,12). The Hall–Kier alpha value is -1.69. The predicted molar refractivity (Wildman–Crippen MR) is 47.3 cm³/mol. The highest BCUT2D eigenvalue weighted by molar-refractivity contribution is 5.69. The Morgan fingerprint density at radius 1 is 1.46 bits per heavy atom. The molecular weight excluding hydrogens is 170 g/mol. The van der Waals surface area contributed by atoms with Crippen LogP contribution >= 0.6 is 0 Å². The molecule has 6 nitrogen and oxygen atoms in total. The van der Waals surface area contributed by atoms with Crippen molar-refractivity contribution in [1.29, 1.82) is 0 Å². The molecule has 0 spiro atoms. The van der Waals surface area contributed by atoms with Crippen LogP contribution in [0.15, 0.2) is 12.4 Å². The first-order chi connectivity index (χ1) is 6.40. The van der Waals surface area contributed by atoms with Crippen molar-refractivity contribution in [2.45, 2.75) is 0 Å². The van der Waals surface area contributed by atoms with Gasteiger partial charge in [-0.3, -0.25) is 5.10 Å². The zero-order valence-electron chi connectivity index (χ0n) is 6.86. The second-order valence-corrected chi connectivity index (χ2v) is 2.51. The number of hydrogen-bond donors (Lipinski definition) is 3. The minimum atomic E-state index is 0.0745. The van der Waals surface area contributed by atoms with Gasteiger partial charge in [0, 0.05) is 6.54 Å². The molecule has 13 heavy (non-hydrogen) atoms. The maximum absolute atomic E-state index is 8.57. The molecule has 0 amide bonds. The Bertz CT molecular complexity index is 398. The summed E-state index contributed by atoms with van der Waals surface area (Å²) in [7, 11) is 0. The number of hydrogen-bond acceptors (Lipinski definition) is 5. The number of anilines is 1. The summed E-state index contributed by atoms with van der Waals surface area (Å²) >= 11 is 0. The number of aliphatic hydroxyl groups excluding tert-OH is 1. The molecule has 0 unspecified atom stereocenters. The molecule has 0 fully saturated rings. The Kier molecular flexibility index (Phi) is 2.05. The number of aromatic nitrogens is 4. The van der Waals surface area contributed by atoms with Crippen molar-refractivity contribution < 1.29 is 5.11 Å². The first-order valence-corrected chi connectivity index (χ1v) is 3.91. The summed E-state index contributed by atoms with van der Waals surface area (Å²) in [5.74, 6) is 0.642. The highest BCUT2D eigenvalue weighted by Crippen LogP contribution is 2.07. The average molecular weight is 179 g/mol. The molecule has 0 radical (unpaired) electrons. The smallest absolute Gasteiger partial charge is 0.174 e. The predicted octanol–water partition coefficient (Wildman–Crippen LogP) is -0.243. The topological polar surface area (TPSA) is 86.7 Å². The summed E-state index contributed by atoms with van der Waals surface area (Å²) in [5, 5.41) is 18.0. The number of rotatable bonds is 3. The maximum atomic E-state index is 8.57. The van der Waals surface area contributed by atoms with Crippen molar-refractivity contribution in [3.8, 4) is 0 Å². The summed E-state index contributed by atoms with van der Waals surface area (Å²) in [6.45, 7) is 0.545. The van der Waals surface area contributed by atoms with Crippen LogP contribution in [0.3, 0.4) is 0 Å². The van der Waals surface area contributed by atoms with E-state index in [1.807, 2.05) is 0 Å². The van der Waals surface area contributed by atoms with Crippen LogP contribution in [-0.4, -0.2) is 38.4 Å². The van der Waals surface area contributed by atoms with E-state index in [0.29, 0.717) is 23.5 Å². The van der Waals surface area contributed by atoms with Crippen LogP contribution in [-0.2, 0) is 0 Å². The van der Waals surface area contributed by atoms with Crippen molar-refractivity contribution in [2.75, 3.05) is 18.5 Å². The number of aromatic amines is 1. The quantitative estimate of drug-likeness (QED) is 0.605. The molecule has 0 atom stereocenters. The molecule has 0 aromatic carbocycles. The van der Waals surface area contributed by atoms with E-state index < -0.39 is 0 Å². The lowest BCUT2D eigenvalue weighted by molar-refractivity contribution is 0.311. The van der Waals surface area contributed by atoms with Crippen molar-refractivity contribution in [3.05, 3.63) is 12.4 Å². The second kappa shape index (κ2) is 3.36. The first-order valence-electron chi connectivity index (χ1n) is 3.91. The van der Waals surface area contributed by atoms with Gasteiger partial charge in [-0.1, -0.05) is 0 Å². The molecule has 0 aliphatic carbocycles. The third-order valence-electron chi connectivity index (χ3n) is 1.57. The summed E-state index contributed by atoms with van der Waals surface area (Å²) in [6, 6.07) is 0. The largest absolute Gasteiger partial charge is 0.395 e. The molecule has 68 valence electrons. The number of fused-ring (bicyclic) bond motifs is 1. The van der Waals surface area contributed by atoms with Gasteiger partial charge in [-0.05, 0) is 0 Å². The van der Waals surface area contributed by atoms with Crippen LogP contribution < -0.4 is 5.32 Å². The van der Waals surface area contributed by atoms with Crippen molar-refractivity contribution in [1.82, 2.24) is 20.2 Å². The molecule has 0 saturated heterocycles. The molecule has 2 aromatic rings. The van der Waals surface area contributed by atoms with Crippen LogP contribution in [0.4, 0.5) is 5.82 Å². The van der Waals surface area contributed by atoms with E-state index in [1.54, 1.807) is 12.4 Å². The summed E-state index contributed by atoms with van der Waals surface area (Å²) in [5.41, 5.74) is 1.37. The lowest BCUT2D eigenvalue weighted by Crippen LogP contribution is -2.06. The van der Waals surface area contributed by atoms with Crippen LogP contribution in [0.25, 0.3) is 11.2 Å². The van der Waals surface area contributed by atoms with Crippen LogP contribution in [0.1, 0.15) is 0 Å². The first kappa shape index (κ1) is 7.93. The molecule has 2 heterocycles. The van der Waals surface area contributed by atoms with Gasteiger partial charge in [0.2, 0.25) is 0 Å². The third kappa shape index (κ3) is 1.57. The van der Waals surface area contributed by atoms with Crippen molar-refractivity contribution in [3.63, 3.8) is 0 Å². The Morgan fingerprint density at radius 3 is 3.23 bits per heavy atom.